The molecule has 1 saturated carbocycles. The number of fused-ring (bicyclic) bond motifs is 1. The van der Waals surface area contributed by atoms with Crippen LogP contribution in [0.1, 0.15) is 60.8 Å². The fourth-order valence-electron chi connectivity index (χ4n) is 4.72. The van der Waals surface area contributed by atoms with Crippen LogP contribution in [-0.4, -0.2) is 26.6 Å². The van der Waals surface area contributed by atoms with Gasteiger partial charge >= 0.3 is 0 Å². The van der Waals surface area contributed by atoms with Crippen molar-refractivity contribution in [3.05, 3.63) is 0 Å². The molecule has 0 radical (unpaired) electrons. The first-order chi connectivity index (χ1) is 8.87. The standard InChI is InChI=1S/C16H32O2Si/c1-11(2)19(12(3)4,13(5)6)10-16-17-14-8-7-9-15(14)18-16/h11-16H,7-10H2,1-6H3/t14-,15+,16?. The lowest BCUT2D eigenvalue weighted by atomic mass is 10.3. The number of hydrogen-bond donors (Lipinski definition) is 0. The van der Waals surface area contributed by atoms with Gasteiger partial charge in [-0.1, -0.05) is 58.2 Å². The van der Waals surface area contributed by atoms with Crippen LogP contribution in [0, 0.1) is 0 Å². The van der Waals surface area contributed by atoms with E-state index in [1.54, 1.807) is 0 Å². The smallest absolute Gasteiger partial charge is 0.156 e. The average Bonchev–Trinajstić information content (AvgIpc) is 2.83. The maximum absolute atomic E-state index is 6.20. The van der Waals surface area contributed by atoms with Crippen LogP contribution in [0.5, 0.6) is 0 Å². The summed E-state index contributed by atoms with van der Waals surface area (Å²) in [6.45, 7) is 14.5. The lowest BCUT2D eigenvalue weighted by Gasteiger charge is -2.44. The van der Waals surface area contributed by atoms with Gasteiger partial charge in [0, 0.05) is 0 Å². The average molecular weight is 285 g/mol. The predicted octanol–water partition coefficient (Wildman–Crippen LogP) is 4.96. The Morgan fingerprint density at radius 1 is 0.842 bits per heavy atom. The van der Waals surface area contributed by atoms with E-state index in [0.717, 1.165) is 16.6 Å². The summed E-state index contributed by atoms with van der Waals surface area (Å²) in [5, 5.41) is 0. The van der Waals surface area contributed by atoms with Crippen LogP contribution in [0.3, 0.4) is 0 Å². The molecule has 112 valence electrons. The molecule has 0 aromatic rings. The lowest BCUT2D eigenvalue weighted by molar-refractivity contribution is -0.0589. The fraction of sp³-hybridized carbons (Fsp3) is 1.00. The molecule has 1 saturated heterocycles. The van der Waals surface area contributed by atoms with Gasteiger partial charge in [-0.05, 0) is 25.3 Å². The maximum Gasteiger partial charge on any atom is 0.156 e. The summed E-state index contributed by atoms with van der Waals surface area (Å²) in [6, 6.07) is 1.19. The first kappa shape index (κ1) is 15.5. The van der Waals surface area contributed by atoms with Gasteiger partial charge in [-0.25, -0.2) is 0 Å². The summed E-state index contributed by atoms with van der Waals surface area (Å²) in [5.74, 6) is 0. The highest BCUT2D eigenvalue weighted by Gasteiger charge is 2.48. The number of rotatable bonds is 5. The molecule has 0 N–H and O–H groups in total. The van der Waals surface area contributed by atoms with E-state index in [2.05, 4.69) is 41.5 Å². The highest BCUT2D eigenvalue weighted by atomic mass is 28.3. The Morgan fingerprint density at radius 3 is 1.63 bits per heavy atom. The second-order valence-corrected chi connectivity index (χ2v) is 13.6. The van der Waals surface area contributed by atoms with Crippen LogP contribution in [0.4, 0.5) is 0 Å². The quantitative estimate of drug-likeness (QED) is 0.664. The Hall–Kier alpha value is 0.137. The van der Waals surface area contributed by atoms with Crippen molar-refractivity contribution in [3.8, 4) is 0 Å². The molecule has 3 atom stereocenters. The summed E-state index contributed by atoms with van der Waals surface area (Å²) < 4.78 is 12.4. The molecular weight excluding hydrogens is 252 g/mol. The van der Waals surface area contributed by atoms with Crippen molar-refractivity contribution >= 4 is 8.07 Å². The van der Waals surface area contributed by atoms with Crippen LogP contribution in [0.2, 0.25) is 22.7 Å². The van der Waals surface area contributed by atoms with Gasteiger partial charge in [0.1, 0.15) is 0 Å². The van der Waals surface area contributed by atoms with Crippen LogP contribution < -0.4 is 0 Å². The third-order valence-electron chi connectivity index (χ3n) is 5.79. The highest BCUT2D eigenvalue weighted by molar-refractivity contribution is 6.83. The van der Waals surface area contributed by atoms with E-state index in [1.807, 2.05) is 0 Å². The first-order valence-corrected chi connectivity index (χ1v) is 10.6. The lowest BCUT2D eigenvalue weighted by Crippen LogP contribution is -2.47. The Bertz CT molecular complexity index is 267. The van der Waals surface area contributed by atoms with Gasteiger partial charge in [-0.3, -0.25) is 0 Å². The summed E-state index contributed by atoms with van der Waals surface area (Å²) in [7, 11) is -1.39. The number of hydrogen-bond acceptors (Lipinski definition) is 2. The van der Waals surface area contributed by atoms with E-state index >= 15 is 0 Å². The second-order valence-electron chi connectivity index (χ2n) is 7.49. The fourth-order valence-corrected chi connectivity index (χ4v) is 10.9. The molecule has 0 spiro atoms. The molecule has 19 heavy (non-hydrogen) atoms. The van der Waals surface area contributed by atoms with Crippen molar-refractivity contribution in [1.29, 1.82) is 0 Å². The molecular formula is C16H32O2Si. The zero-order valence-electron chi connectivity index (χ0n) is 13.6. The van der Waals surface area contributed by atoms with Gasteiger partial charge in [-0.2, -0.15) is 0 Å². The van der Waals surface area contributed by atoms with Crippen molar-refractivity contribution in [2.45, 2.75) is 102 Å². The molecule has 1 heterocycles. The molecule has 0 bridgehead atoms. The van der Waals surface area contributed by atoms with E-state index in [-0.39, 0.29) is 6.29 Å². The second kappa shape index (κ2) is 5.86. The van der Waals surface area contributed by atoms with Crippen molar-refractivity contribution in [3.63, 3.8) is 0 Å². The third-order valence-corrected chi connectivity index (χ3v) is 13.3. The van der Waals surface area contributed by atoms with Crippen molar-refractivity contribution in [1.82, 2.24) is 0 Å². The normalized spacial score (nSPS) is 31.7. The minimum absolute atomic E-state index is 0.0918. The molecule has 2 rings (SSSR count). The molecule has 1 aliphatic heterocycles. The van der Waals surface area contributed by atoms with Crippen molar-refractivity contribution < 1.29 is 9.47 Å². The Labute approximate surface area is 120 Å². The molecule has 2 fully saturated rings. The molecule has 2 aliphatic rings. The van der Waals surface area contributed by atoms with Crippen LogP contribution in [0.15, 0.2) is 0 Å². The Morgan fingerprint density at radius 2 is 1.26 bits per heavy atom. The van der Waals surface area contributed by atoms with E-state index in [1.165, 1.54) is 25.3 Å². The zero-order valence-corrected chi connectivity index (χ0v) is 14.6. The summed E-state index contributed by atoms with van der Waals surface area (Å²) in [6.07, 6.45) is 4.60. The summed E-state index contributed by atoms with van der Waals surface area (Å²) >= 11 is 0. The molecule has 0 aromatic heterocycles. The SMILES string of the molecule is CC(C)[Si](CC1O[C@H]2CCC[C@H]2O1)(C(C)C)C(C)C. The highest BCUT2D eigenvalue weighted by Crippen LogP contribution is 2.47. The minimum atomic E-state index is -1.39. The van der Waals surface area contributed by atoms with Crippen molar-refractivity contribution in [2.24, 2.45) is 0 Å². The molecule has 2 nitrogen and oxygen atoms in total. The van der Waals surface area contributed by atoms with E-state index in [9.17, 15) is 0 Å². The Balaban J connectivity index is 2.08. The van der Waals surface area contributed by atoms with Gasteiger partial charge in [0.2, 0.25) is 0 Å². The predicted molar refractivity (Wildman–Crippen MR) is 83.2 cm³/mol. The van der Waals surface area contributed by atoms with E-state index < -0.39 is 8.07 Å². The van der Waals surface area contributed by atoms with Crippen LogP contribution in [-0.2, 0) is 9.47 Å². The van der Waals surface area contributed by atoms with Crippen LogP contribution >= 0.6 is 0 Å². The minimum Gasteiger partial charge on any atom is -0.347 e. The molecule has 0 amide bonds. The number of ether oxygens (including phenoxy) is 2. The van der Waals surface area contributed by atoms with Crippen molar-refractivity contribution in [2.75, 3.05) is 0 Å². The van der Waals surface area contributed by atoms with E-state index in [4.69, 9.17) is 9.47 Å². The summed E-state index contributed by atoms with van der Waals surface area (Å²) in [5.41, 5.74) is 2.38. The first-order valence-electron chi connectivity index (χ1n) is 8.18. The molecule has 3 heteroatoms. The van der Waals surface area contributed by atoms with Gasteiger partial charge in [0.05, 0.1) is 20.3 Å². The Kier molecular flexibility index (Phi) is 4.79. The van der Waals surface area contributed by atoms with Gasteiger partial charge < -0.3 is 9.47 Å². The topological polar surface area (TPSA) is 18.5 Å². The van der Waals surface area contributed by atoms with Gasteiger partial charge in [0.15, 0.2) is 6.29 Å². The zero-order chi connectivity index (χ0) is 14.2. The summed E-state index contributed by atoms with van der Waals surface area (Å²) in [4.78, 5) is 0. The molecule has 1 unspecified atom stereocenters. The van der Waals surface area contributed by atoms with Gasteiger partial charge in [-0.15, -0.1) is 0 Å². The van der Waals surface area contributed by atoms with Gasteiger partial charge in [0.25, 0.3) is 0 Å². The monoisotopic (exact) mass is 284 g/mol. The van der Waals surface area contributed by atoms with E-state index in [0.29, 0.717) is 12.2 Å². The third kappa shape index (κ3) is 2.79. The largest absolute Gasteiger partial charge is 0.347 e. The molecule has 0 aromatic carbocycles. The molecule has 1 aliphatic carbocycles. The maximum atomic E-state index is 6.20. The van der Waals surface area contributed by atoms with Crippen LogP contribution in [0.25, 0.3) is 0 Å².